The Kier molecular flexibility index (Phi) is 4.04. The molecule has 1 aliphatic heterocycles. The van der Waals surface area contributed by atoms with Crippen LogP contribution < -0.4 is 0 Å². The van der Waals surface area contributed by atoms with Crippen LogP contribution in [-0.2, 0) is 21.2 Å². The molecule has 1 heterocycles. The molecule has 0 radical (unpaired) electrons. The summed E-state index contributed by atoms with van der Waals surface area (Å²) in [6.45, 7) is 3.78. The zero-order valence-corrected chi connectivity index (χ0v) is 15.1. The summed E-state index contributed by atoms with van der Waals surface area (Å²) in [7, 11) is -3.93. The number of carbonyl (C=O) groups is 1. The Morgan fingerprint density at radius 1 is 1.04 bits per heavy atom. The fourth-order valence-corrected chi connectivity index (χ4v) is 5.49. The minimum Gasteiger partial charge on any atom is -0.268 e. The van der Waals surface area contributed by atoms with Crippen LogP contribution in [0.5, 0.6) is 0 Å². The van der Waals surface area contributed by atoms with E-state index in [2.05, 4.69) is 6.58 Å². The van der Waals surface area contributed by atoms with Gasteiger partial charge in [-0.1, -0.05) is 48.5 Å². The van der Waals surface area contributed by atoms with Crippen molar-refractivity contribution in [2.45, 2.75) is 30.2 Å². The average Bonchev–Trinajstić information content (AvgIpc) is 2.96. The van der Waals surface area contributed by atoms with Crippen LogP contribution in [0.25, 0.3) is 5.57 Å². The van der Waals surface area contributed by atoms with Gasteiger partial charge in [-0.25, -0.2) is 12.7 Å². The fraction of sp³-hybridized carbons (Fsp3) is 0.190. The third kappa shape index (κ3) is 2.42. The third-order valence-corrected chi connectivity index (χ3v) is 6.85. The number of nitrogens with zero attached hydrogens (tertiary/aromatic N) is 1. The number of hydrogen-bond donors (Lipinski definition) is 0. The van der Waals surface area contributed by atoms with Gasteiger partial charge in [0.2, 0.25) is 0 Å². The normalized spacial score (nSPS) is 19.3. The molecule has 0 N–H and O–H groups in total. The minimum absolute atomic E-state index is 0.135. The first-order valence-electron chi connectivity index (χ1n) is 8.61. The van der Waals surface area contributed by atoms with Gasteiger partial charge in [-0.05, 0) is 48.1 Å². The average molecular weight is 365 g/mol. The van der Waals surface area contributed by atoms with Crippen LogP contribution in [0, 0.1) is 0 Å². The second-order valence-corrected chi connectivity index (χ2v) is 8.32. The number of hydrogen-bond acceptors (Lipinski definition) is 3. The second kappa shape index (κ2) is 6.25. The summed E-state index contributed by atoms with van der Waals surface area (Å²) in [5, 5.41) is 0. The Hall–Kier alpha value is -2.66. The maximum absolute atomic E-state index is 13.2. The van der Waals surface area contributed by atoms with E-state index in [9.17, 15) is 13.2 Å². The van der Waals surface area contributed by atoms with E-state index >= 15 is 0 Å². The predicted molar refractivity (Wildman–Crippen MR) is 101 cm³/mol. The first kappa shape index (κ1) is 16.8. The molecular formula is C21H19NO3S. The molecule has 0 spiro atoms. The maximum atomic E-state index is 13.2. The van der Waals surface area contributed by atoms with E-state index < -0.39 is 22.0 Å². The van der Waals surface area contributed by atoms with E-state index in [1.165, 1.54) is 12.1 Å². The Morgan fingerprint density at radius 3 is 2.46 bits per heavy atom. The lowest BCUT2D eigenvalue weighted by molar-refractivity contribution is -0.122. The first-order valence-corrected chi connectivity index (χ1v) is 10.1. The monoisotopic (exact) mass is 365 g/mol. The summed E-state index contributed by atoms with van der Waals surface area (Å²) in [4.78, 5) is 13.2. The molecule has 0 fully saturated rings. The van der Waals surface area contributed by atoms with Crippen molar-refractivity contribution >= 4 is 21.5 Å². The Labute approximate surface area is 153 Å². The van der Waals surface area contributed by atoms with Crippen LogP contribution in [0.15, 0.2) is 77.7 Å². The molecular weight excluding hydrogens is 346 g/mol. The highest BCUT2D eigenvalue weighted by Crippen LogP contribution is 2.44. The van der Waals surface area contributed by atoms with Crippen LogP contribution in [-0.4, -0.2) is 24.7 Å². The van der Waals surface area contributed by atoms with Crippen LogP contribution in [0.2, 0.25) is 0 Å². The second-order valence-electron chi connectivity index (χ2n) is 6.51. The van der Waals surface area contributed by atoms with E-state index in [1.54, 1.807) is 24.3 Å². The molecule has 1 amide bonds. The highest BCUT2D eigenvalue weighted by atomic mass is 32.2. The summed E-state index contributed by atoms with van der Waals surface area (Å²) < 4.78 is 27.5. The predicted octanol–water partition coefficient (Wildman–Crippen LogP) is 3.56. The van der Waals surface area contributed by atoms with Crippen molar-refractivity contribution in [1.29, 1.82) is 0 Å². The standard InChI is InChI=1S/C21H19NO3S/c1-2-8-19-20-17-12-7-6-9-15(17)13-14-18(20)21(23)22(19)26(24,25)16-10-4-3-5-11-16/h2-7,9-12,19H,1,8,13-14H2. The molecule has 0 saturated heterocycles. The Bertz CT molecular complexity index is 1020. The smallest absolute Gasteiger partial charge is 0.267 e. The SMILES string of the molecule is C=CCC1C2=C(CCc3ccccc32)C(=O)N1S(=O)(=O)c1ccccc1. The van der Waals surface area contributed by atoms with E-state index in [1.807, 2.05) is 24.3 Å². The summed E-state index contributed by atoms with van der Waals surface area (Å²) in [6.07, 6.45) is 3.39. The largest absolute Gasteiger partial charge is 0.268 e. The van der Waals surface area contributed by atoms with Crippen molar-refractivity contribution in [3.8, 4) is 0 Å². The van der Waals surface area contributed by atoms with Crippen molar-refractivity contribution in [2.24, 2.45) is 0 Å². The molecule has 0 saturated carbocycles. The quantitative estimate of drug-likeness (QED) is 0.779. The van der Waals surface area contributed by atoms with Gasteiger partial charge < -0.3 is 0 Å². The van der Waals surface area contributed by atoms with Gasteiger partial charge in [-0.15, -0.1) is 6.58 Å². The summed E-state index contributed by atoms with van der Waals surface area (Å²) in [6, 6.07) is 15.5. The number of aryl methyl sites for hydroxylation is 1. The number of sulfonamides is 1. The number of fused-ring (bicyclic) bond motifs is 2. The van der Waals surface area contributed by atoms with Gasteiger partial charge >= 0.3 is 0 Å². The van der Waals surface area contributed by atoms with Crippen LogP contribution >= 0.6 is 0 Å². The van der Waals surface area contributed by atoms with Gasteiger partial charge in [0.05, 0.1) is 10.9 Å². The molecule has 1 aliphatic carbocycles. The lowest BCUT2D eigenvalue weighted by atomic mass is 9.83. The third-order valence-electron chi connectivity index (χ3n) is 5.04. The number of rotatable bonds is 4. The van der Waals surface area contributed by atoms with Crippen LogP contribution in [0.3, 0.4) is 0 Å². The lowest BCUT2D eigenvalue weighted by Gasteiger charge is -2.26. The molecule has 0 bridgehead atoms. The highest BCUT2D eigenvalue weighted by molar-refractivity contribution is 7.89. The first-order chi connectivity index (χ1) is 12.6. The minimum atomic E-state index is -3.93. The van der Waals surface area contributed by atoms with Gasteiger partial charge in [0, 0.05) is 5.57 Å². The van der Waals surface area contributed by atoms with Crippen molar-refractivity contribution in [3.63, 3.8) is 0 Å². The van der Waals surface area contributed by atoms with Crippen molar-refractivity contribution < 1.29 is 13.2 Å². The Balaban J connectivity index is 1.87. The lowest BCUT2D eigenvalue weighted by Crippen LogP contribution is -2.40. The summed E-state index contributed by atoms with van der Waals surface area (Å²) >= 11 is 0. The molecule has 2 aromatic carbocycles. The van der Waals surface area contributed by atoms with E-state index in [4.69, 9.17) is 0 Å². The van der Waals surface area contributed by atoms with Crippen LogP contribution in [0.1, 0.15) is 24.0 Å². The Morgan fingerprint density at radius 2 is 1.73 bits per heavy atom. The molecule has 0 aromatic heterocycles. The maximum Gasteiger partial charge on any atom is 0.267 e. The molecule has 26 heavy (non-hydrogen) atoms. The van der Waals surface area contributed by atoms with E-state index in [-0.39, 0.29) is 4.90 Å². The van der Waals surface area contributed by atoms with Gasteiger partial charge in [0.25, 0.3) is 15.9 Å². The molecule has 132 valence electrons. The molecule has 4 rings (SSSR count). The molecule has 2 aliphatic rings. The zero-order chi connectivity index (χ0) is 18.3. The van der Waals surface area contributed by atoms with Gasteiger partial charge in [0.1, 0.15) is 0 Å². The van der Waals surface area contributed by atoms with Crippen molar-refractivity contribution in [3.05, 3.63) is 84.0 Å². The summed E-state index contributed by atoms with van der Waals surface area (Å²) in [5.74, 6) is -0.398. The molecule has 2 aromatic rings. The van der Waals surface area contributed by atoms with Crippen molar-refractivity contribution in [1.82, 2.24) is 4.31 Å². The highest BCUT2D eigenvalue weighted by Gasteiger charge is 2.47. The molecule has 5 heteroatoms. The van der Waals surface area contributed by atoms with Crippen molar-refractivity contribution in [2.75, 3.05) is 0 Å². The molecule has 1 atom stereocenters. The molecule has 4 nitrogen and oxygen atoms in total. The molecule has 1 unspecified atom stereocenters. The van der Waals surface area contributed by atoms with E-state index in [0.29, 0.717) is 18.4 Å². The fourth-order valence-electron chi connectivity index (χ4n) is 3.91. The number of benzene rings is 2. The number of amides is 1. The topological polar surface area (TPSA) is 54.5 Å². The van der Waals surface area contributed by atoms with E-state index in [0.717, 1.165) is 27.4 Å². The van der Waals surface area contributed by atoms with Gasteiger partial charge in [-0.3, -0.25) is 4.79 Å². The zero-order valence-electron chi connectivity index (χ0n) is 14.3. The van der Waals surface area contributed by atoms with Gasteiger partial charge in [0.15, 0.2) is 0 Å². The summed E-state index contributed by atoms with van der Waals surface area (Å²) in [5.41, 5.74) is 3.61. The van der Waals surface area contributed by atoms with Gasteiger partial charge in [-0.2, -0.15) is 0 Å². The van der Waals surface area contributed by atoms with Crippen LogP contribution in [0.4, 0.5) is 0 Å². The number of carbonyl (C=O) groups excluding carboxylic acids is 1.